The summed E-state index contributed by atoms with van der Waals surface area (Å²) in [5.74, 6) is 0.731. The van der Waals surface area contributed by atoms with Gasteiger partial charge in [-0.25, -0.2) is 0 Å². The maximum atomic E-state index is 5.69. The fourth-order valence-corrected chi connectivity index (χ4v) is 2.06. The normalized spacial score (nSPS) is 14.1. The molecular weight excluding hydrogens is 198 g/mol. The highest BCUT2D eigenvalue weighted by molar-refractivity contribution is 4.73. The molecule has 16 heavy (non-hydrogen) atoms. The quantitative estimate of drug-likeness (QED) is 0.652. The van der Waals surface area contributed by atoms with E-state index in [1.165, 1.54) is 13.0 Å². The topological polar surface area (TPSA) is 32.5 Å². The minimum absolute atomic E-state index is 0.660. The molecule has 3 nitrogen and oxygen atoms in total. The molecule has 0 aromatic rings. The summed E-state index contributed by atoms with van der Waals surface area (Å²) in [6.45, 7) is 11.1. The zero-order valence-corrected chi connectivity index (χ0v) is 11.9. The molecule has 0 aliphatic carbocycles. The van der Waals surface area contributed by atoms with Gasteiger partial charge in [0.05, 0.1) is 0 Å². The van der Waals surface area contributed by atoms with Crippen molar-refractivity contribution in [2.45, 2.75) is 39.7 Å². The van der Waals surface area contributed by atoms with Crippen molar-refractivity contribution in [2.75, 3.05) is 40.3 Å². The summed E-state index contributed by atoms with van der Waals surface area (Å²) < 4.78 is 0. The minimum atomic E-state index is 0.660. The lowest BCUT2D eigenvalue weighted by atomic mass is 10.1. The smallest absolute Gasteiger partial charge is 0.0112 e. The standard InChI is InChI=1S/C13H31N3/c1-6-13(7-8-14)16(11-12(2)3)10-9-15(4)5/h12-13H,6-11,14H2,1-5H3. The van der Waals surface area contributed by atoms with Crippen LogP contribution in [-0.4, -0.2) is 56.1 Å². The van der Waals surface area contributed by atoms with E-state index in [1.54, 1.807) is 0 Å². The lowest BCUT2D eigenvalue weighted by Crippen LogP contribution is -2.42. The van der Waals surface area contributed by atoms with E-state index in [-0.39, 0.29) is 0 Å². The van der Waals surface area contributed by atoms with E-state index in [2.05, 4.69) is 44.7 Å². The summed E-state index contributed by atoms with van der Waals surface area (Å²) in [5, 5.41) is 0. The monoisotopic (exact) mass is 229 g/mol. The average Bonchev–Trinajstić information content (AvgIpc) is 2.20. The third kappa shape index (κ3) is 7.20. The molecule has 1 atom stereocenters. The maximum absolute atomic E-state index is 5.69. The summed E-state index contributed by atoms with van der Waals surface area (Å²) in [6, 6.07) is 0.660. The summed E-state index contributed by atoms with van der Waals surface area (Å²) in [5.41, 5.74) is 5.69. The lowest BCUT2D eigenvalue weighted by Gasteiger charge is -2.33. The first-order valence-electron chi connectivity index (χ1n) is 6.60. The first kappa shape index (κ1) is 15.9. The van der Waals surface area contributed by atoms with Crippen LogP contribution in [0, 0.1) is 5.92 Å². The van der Waals surface area contributed by atoms with Crippen LogP contribution in [0.1, 0.15) is 33.6 Å². The fourth-order valence-electron chi connectivity index (χ4n) is 2.06. The van der Waals surface area contributed by atoms with Crippen LogP contribution in [-0.2, 0) is 0 Å². The second kappa shape index (κ2) is 8.97. The Hall–Kier alpha value is -0.120. The Morgan fingerprint density at radius 2 is 1.75 bits per heavy atom. The van der Waals surface area contributed by atoms with Crippen LogP contribution in [0.4, 0.5) is 0 Å². The van der Waals surface area contributed by atoms with Gasteiger partial charge < -0.3 is 10.6 Å². The molecule has 0 saturated carbocycles. The number of nitrogens with zero attached hydrogens (tertiary/aromatic N) is 2. The highest BCUT2D eigenvalue weighted by Gasteiger charge is 2.16. The van der Waals surface area contributed by atoms with Gasteiger partial charge in [0.1, 0.15) is 0 Å². The molecule has 0 radical (unpaired) electrons. The van der Waals surface area contributed by atoms with E-state index in [0.717, 1.165) is 32.0 Å². The van der Waals surface area contributed by atoms with Crippen LogP contribution in [0.25, 0.3) is 0 Å². The van der Waals surface area contributed by atoms with Crippen LogP contribution in [0.2, 0.25) is 0 Å². The van der Waals surface area contributed by atoms with Gasteiger partial charge in [-0.3, -0.25) is 4.90 Å². The van der Waals surface area contributed by atoms with E-state index in [1.807, 2.05) is 0 Å². The molecule has 3 heteroatoms. The second-order valence-corrected chi connectivity index (χ2v) is 5.33. The van der Waals surface area contributed by atoms with Crippen molar-refractivity contribution in [3.05, 3.63) is 0 Å². The second-order valence-electron chi connectivity index (χ2n) is 5.33. The SMILES string of the molecule is CCC(CCN)N(CCN(C)C)CC(C)C. The van der Waals surface area contributed by atoms with Crippen LogP contribution in [0.15, 0.2) is 0 Å². The third-order valence-corrected chi connectivity index (χ3v) is 2.92. The van der Waals surface area contributed by atoms with Crippen molar-refractivity contribution < 1.29 is 0 Å². The third-order valence-electron chi connectivity index (χ3n) is 2.92. The molecule has 0 aromatic heterocycles. The van der Waals surface area contributed by atoms with Crippen LogP contribution in [0.5, 0.6) is 0 Å². The summed E-state index contributed by atoms with van der Waals surface area (Å²) in [6.07, 6.45) is 2.33. The molecule has 1 unspecified atom stereocenters. The zero-order chi connectivity index (χ0) is 12.6. The zero-order valence-electron chi connectivity index (χ0n) is 11.9. The van der Waals surface area contributed by atoms with Gasteiger partial charge in [-0.05, 0) is 39.4 Å². The maximum Gasteiger partial charge on any atom is 0.0112 e. The van der Waals surface area contributed by atoms with Gasteiger partial charge in [0.15, 0.2) is 0 Å². The highest BCUT2D eigenvalue weighted by atomic mass is 15.2. The Morgan fingerprint density at radius 1 is 1.12 bits per heavy atom. The molecule has 0 fully saturated rings. The number of hydrogen-bond donors (Lipinski definition) is 1. The van der Waals surface area contributed by atoms with Gasteiger partial charge in [-0.15, -0.1) is 0 Å². The molecule has 0 aromatic carbocycles. The minimum Gasteiger partial charge on any atom is -0.330 e. The van der Waals surface area contributed by atoms with Crippen molar-refractivity contribution in [1.29, 1.82) is 0 Å². The van der Waals surface area contributed by atoms with Crippen LogP contribution < -0.4 is 5.73 Å². The molecule has 0 amide bonds. The van der Waals surface area contributed by atoms with E-state index < -0.39 is 0 Å². The number of hydrogen-bond acceptors (Lipinski definition) is 3. The van der Waals surface area contributed by atoms with Gasteiger partial charge in [-0.2, -0.15) is 0 Å². The molecule has 2 N–H and O–H groups in total. The first-order valence-corrected chi connectivity index (χ1v) is 6.60. The van der Waals surface area contributed by atoms with Gasteiger partial charge in [0.2, 0.25) is 0 Å². The first-order chi connectivity index (χ1) is 7.51. The summed E-state index contributed by atoms with van der Waals surface area (Å²) in [7, 11) is 4.27. The van der Waals surface area contributed by atoms with Crippen molar-refractivity contribution in [3.63, 3.8) is 0 Å². The van der Waals surface area contributed by atoms with Gasteiger partial charge in [0.25, 0.3) is 0 Å². The number of likely N-dealkylation sites (N-methyl/N-ethyl adjacent to an activating group) is 1. The average molecular weight is 229 g/mol. The highest BCUT2D eigenvalue weighted by Crippen LogP contribution is 2.10. The fraction of sp³-hybridized carbons (Fsp3) is 1.00. The van der Waals surface area contributed by atoms with Crippen molar-refractivity contribution in [1.82, 2.24) is 9.80 Å². The molecule has 0 bridgehead atoms. The Kier molecular flexibility index (Phi) is 8.90. The van der Waals surface area contributed by atoms with Crippen LogP contribution in [0.3, 0.4) is 0 Å². The molecule has 0 heterocycles. The van der Waals surface area contributed by atoms with Crippen molar-refractivity contribution in [3.8, 4) is 0 Å². The van der Waals surface area contributed by atoms with Crippen LogP contribution >= 0.6 is 0 Å². The molecule has 0 aliphatic heterocycles. The number of rotatable bonds is 9. The summed E-state index contributed by atoms with van der Waals surface area (Å²) >= 11 is 0. The van der Waals surface area contributed by atoms with E-state index in [0.29, 0.717) is 6.04 Å². The predicted molar refractivity (Wildman–Crippen MR) is 72.7 cm³/mol. The molecule has 0 saturated heterocycles. The van der Waals surface area contributed by atoms with Crippen molar-refractivity contribution in [2.24, 2.45) is 11.7 Å². The molecule has 98 valence electrons. The number of nitrogens with two attached hydrogens (primary N) is 1. The molecular formula is C13H31N3. The van der Waals surface area contributed by atoms with E-state index >= 15 is 0 Å². The van der Waals surface area contributed by atoms with Gasteiger partial charge >= 0.3 is 0 Å². The lowest BCUT2D eigenvalue weighted by molar-refractivity contribution is 0.150. The van der Waals surface area contributed by atoms with Gasteiger partial charge in [0, 0.05) is 25.7 Å². The Balaban J connectivity index is 4.25. The largest absolute Gasteiger partial charge is 0.330 e. The van der Waals surface area contributed by atoms with E-state index in [9.17, 15) is 0 Å². The Bertz CT molecular complexity index is 157. The Labute approximate surface area is 102 Å². The van der Waals surface area contributed by atoms with Gasteiger partial charge in [-0.1, -0.05) is 20.8 Å². The summed E-state index contributed by atoms with van der Waals surface area (Å²) in [4.78, 5) is 4.86. The molecule has 0 aliphatic rings. The Morgan fingerprint density at radius 3 is 2.12 bits per heavy atom. The van der Waals surface area contributed by atoms with Crippen molar-refractivity contribution >= 4 is 0 Å². The molecule has 0 rings (SSSR count). The molecule has 0 spiro atoms. The van der Waals surface area contributed by atoms with E-state index in [4.69, 9.17) is 5.73 Å². The predicted octanol–water partition coefficient (Wildman–Crippen LogP) is 1.63.